The first-order valence-corrected chi connectivity index (χ1v) is 9.90. The molecule has 2 aromatic carbocycles. The number of aryl methyl sites for hydroxylation is 1. The maximum absolute atomic E-state index is 12.6. The highest BCUT2D eigenvalue weighted by atomic mass is 16.5. The van der Waals surface area contributed by atoms with Crippen LogP contribution in [0.4, 0.5) is 0 Å². The molecular weight excluding hydrogens is 318 g/mol. The zero-order valence-corrected chi connectivity index (χ0v) is 16.9. The fourth-order valence-corrected chi connectivity index (χ4v) is 4.60. The number of nitrogens with zero attached hydrogens (tertiary/aromatic N) is 1. The molecule has 1 aliphatic rings. The van der Waals surface area contributed by atoms with Crippen molar-refractivity contribution in [2.75, 3.05) is 0 Å². The van der Waals surface area contributed by atoms with E-state index in [9.17, 15) is 5.21 Å². The fraction of sp³-hybridized carbons (Fsp3) is 0.500. The third-order valence-corrected chi connectivity index (χ3v) is 5.80. The van der Waals surface area contributed by atoms with Crippen molar-refractivity contribution in [2.24, 2.45) is 0 Å². The first-order valence-electron chi connectivity index (χ1n) is 9.90. The van der Waals surface area contributed by atoms with Crippen molar-refractivity contribution in [1.29, 1.82) is 0 Å². The normalized spacial score (nSPS) is 20.2. The standard InChI is InChI=1S/C24H32NO/c1-6-7-18-8-10-19(11-9-18)20-12-14-21(15-13-20)22-16-23(2,3)25(26)24(4,5)17-22/h8-15,22H,6-7,16-17H2,1-5H3. The molecule has 0 N–H and O–H groups in total. The molecule has 3 rings (SSSR count). The van der Waals surface area contributed by atoms with E-state index in [2.05, 4.69) is 83.1 Å². The molecule has 1 fully saturated rings. The van der Waals surface area contributed by atoms with E-state index in [-0.39, 0.29) is 11.1 Å². The molecule has 1 aliphatic heterocycles. The van der Waals surface area contributed by atoms with Gasteiger partial charge in [-0.2, -0.15) is 0 Å². The van der Waals surface area contributed by atoms with Gasteiger partial charge in [-0.05, 0) is 75.1 Å². The SMILES string of the molecule is CCCc1ccc(-c2ccc(C3CC(C)(C)N([O])C(C)(C)C3)cc2)cc1. The number of rotatable bonds is 4. The van der Waals surface area contributed by atoms with Crippen LogP contribution in [0.2, 0.25) is 0 Å². The Morgan fingerprint density at radius 3 is 1.77 bits per heavy atom. The van der Waals surface area contributed by atoms with Crippen LogP contribution < -0.4 is 0 Å². The first kappa shape index (κ1) is 19.1. The molecule has 2 aromatic rings. The van der Waals surface area contributed by atoms with Gasteiger partial charge in [-0.3, -0.25) is 0 Å². The van der Waals surface area contributed by atoms with Crippen LogP contribution in [0.25, 0.3) is 11.1 Å². The Kier molecular flexibility index (Phi) is 5.28. The second-order valence-corrected chi connectivity index (χ2v) is 9.09. The molecule has 1 radical (unpaired) electrons. The number of hydroxylamine groups is 2. The zero-order chi connectivity index (χ0) is 18.9. The highest BCUT2D eigenvalue weighted by molar-refractivity contribution is 5.64. The van der Waals surface area contributed by atoms with Crippen molar-refractivity contribution < 1.29 is 5.21 Å². The summed E-state index contributed by atoms with van der Waals surface area (Å²) in [7, 11) is 0. The fourth-order valence-electron chi connectivity index (χ4n) is 4.60. The minimum Gasteiger partial charge on any atom is -0.144 e. The number of hydrogen-bond acceptors (Lipinski definition) is 1. The van der Waals surface area contributed by atoms with Crippen LogP contribution in [0.15, 0.2) is 48.5 Å². The Balaban J connectivity index is 1.79. The molecule has 0 aliphatic carbocycles. The van der Waals surface area contributed by atoms with E-state index in [4.69, 9.17) is 0 Å². The van der Waals surface area contributed by atoms with Crippen LogP contribution in [0, 0.1) is 0 Å². The van der Waals surface area contributed by atoms with Gasteiger partial charge in [0, 0.05) is 11.1 Å². The smallest absolute Gasteiger partial charge is 0.0449 e. The number of piperidine rings is 1. The summed E-state index contributed by atoms with van der Waals surface area (Å²) in [5.74, 6) is 0.436. The summed E-state index contributed by atoms with van der Waals surface area (Å²) in [6.07, 6.45) is 4.14. The molecule has 0 unspecified atom stereocenters. The van der Waals surface area contributed by atoms with Gasteiger partial charge in [0.2, 0.25) is 0 Å². The Morgan fingerprint density at radius 2 is 1.31 bits per heavy atom. The highest BCUT2D eigenvalue weighted by Crippen LogP contribution is 2.44. The molecular formula is C24H32NO. The summed E-state index contributed by atoms with van der Waals surface area (Å²) < 4.78 is 0. The van der Waals surface area contributed by atoms with Crippen LogP contribution in [-0.4, -0.2) is 16.1 Å². The summed E-state index contributed by atoms with van der Waals surface area (Å²) in [6, 6.07) is 17.9. The van der Waals surface area contributed by atoms with Crippen LogP contribution in [-0.2, 0) is 11.6 Å². The quantitative estimate of drug-likeness (QED) is 0.626. The van der Waals surface area contributed by atoms with Gasteiger partial charge in [0.05, 0.1) is 0 Å². The maximum atomic E-state index is 12.6. The monoisotopic (exact) mass is 350 g/mol. The Hall–Kier alpha value is -1.64. The predicted octanol–water partition coefficient (Wildman–Crippen LogP) is 6.39. The number of hydrogen-bond donors (Lipinski definition) is 0. The van der Waals surface area contributed by atoms with E-state index >= 15 is 0 Å². The van der Waals surface area contributed by atoms with Gasteiger partial charge in [0.25, 0.3) is 0 Å². The van der Waals surface area contributed by atoms with Crippen molar-refractivity contribution in [3.63, 3.8) is 0 Å². The molecule has 0 bridgehead atoms. The topological polar surface area (TPSA) is 23.1 Å². The third-order valence-electron chi connectivity index (χ3n) is 5.80. The molecule has 139 valence electrons. The molecule has 1 saturated heterocycles. The van der Waals surface area contributed by atoms with Gasteiger partial charge in [0.15, 0.2) is 0 Å². The molecule has 0 spiro atoms. The van der Waals surface area contributed by atoms with E-state index in [1.165, 1.54) is 33.7 Å². The Morgan fingerprint density at radius 1 is 0.846 bits per heavy atom. The van der Waals surface area contributed by atoms with Gasteiger partial charge >= 0.3 is 0 Å². The van der Waals surface area contributed by atoms with E-state index in [1.54, 1.807) is 0 Å². The molecule has 26 heavy (non-hydrogen) atoms. The van der Waals surface area contributed by atoms with Gasteiger partial charge in [0.1, 0.15) is 0 Å². The zero-order valence-electron chi connectivity index (χ0n) is 16.9. The van der Waals surface area contributed by atoms with Gasteiger partial charge < -0.3 is 0 Å². The third kappa shape index (κ3) is 3.87. The summed E-state index contributed by atoms with van der Waals surface area (Å²) >= 11 is 0. The van der Waals surface area contributed by atoms with Crippen LogP contribution >= 0.6 is 0 Å². The summed E-state index contributed by atoms with van der Waals surface area (Å²) in [5, 5.41) is 13.9. The second kappa shape index (κ2) is 7.17. The molecule has 0 aromatic heterocycles. The van der Waals surface area contributed by atoms with Crippen molar-refractivity contribution in [1.82, 2.24) is 5.06 Å². The van der Waals surface area contributed by atoms with E-state index in [0.717, 1.165) is 19.3 Å². The number of benzene rings is 2. The average Bonchev–Trinajstić information content (AvgIpc) is 2.60. The largest absolute Gasteiger partial charge is 0.144 e. The molecule has 0 amide bonds. The van der Waals surface area contributed by atoms with Crippen LogP contribution in [0.3, 0.4) is 0 Å². The maximum Gasteiger partial charge on any atom is 0.0449 e. The van der Waals surface area contributed by atoms with Gasteiger partial charge in [-0.15, -0.1) is 10.3 Å². The lowest BCUT2D eigenvalue weighted by atomic mass is 9.72. The Bertz CT molecular complexity index is 710. The first-order chi connectivity index (χ1) is 12.2. The van der Waals surface area contributed by atoms with Crippen molar-refractivity contribution in [3.8, 4) is 11.1 Å². The van der Waals surface area contributed by atoms with Crippen molar-refractivity contribution in [3.05, 3.63) is 59.7 Å². The molecule has 1 heterocycles. The summed E-state index contributed by atoms with van der Waals surface area (Å²) in [6.45, 7) is 10.5. The average molecular weight is 351 g/mol. The summed E-state index contributed by atoms with van der Waals surface area (Å²) in [5.41, 5.74) is 4.65. The van der Waals surface area contributed by atoms with E-state index in [0.29, 0.717) is 5.92 Å². The van der Waals surface area contributed by atoms with Crippen molar-refractivity contribution in [2.45, 2.75) is 77.3 Å². The van der Waals surface area contributed by atoms with E-state index in [1.807, 2.05) is 0 Å². The summed E-state index contributed by atoms with van der Waals surface area (Å²) in [4.78, 5) is 0. The lowest BCUT2D eigenvalue weighted by molar-refractivity contribution is -0.289. The predicted molar refractivity (Wildman–Crippen MR) is 109 cm³/mol. The highest BCUT2D eigenvalue weighted by Gasteiger charge is 2.46. The minimum absolute atomic E-state index is 0.319. The van der Waals surface area contributed by atoms with Gasteiger partial charge in [-0.25, -0.2) is 0 Å². The molecule has 2 nitrogen and oxygen atoms in total. The van der Waals surface area contributed by atoms with Crippen molar-refractivity contribution >= 4 is 0 Å². The molecule has 0 atom stereocenters. The Labute approximate surface area is 158 Å². The lowest BCUT2D eigenvalue weighted by Gasteiger charge is -2.50. The van der Waals surface area contributed by atoms with E-state index < -0.39 is 0 Å². The van der Waals surface area contributed by atoms with Crippen LogP contribution in [0.5, 0.6) is 0 Å². The molecule has 2 heteroatoms. The van der Waals surface area contributed by atoms with Crippen LogP contribution in [0.1, 0.15) is 70.9 Å². The minimum atomic E-state index is -0.319. The van der Waals surface area contributed by atoms with Gasteiger partial charge in [-0.1, -0.05) is 61.9 Å². The lowest BCUT2D eigenvalue weighted by Crippen LogP contribution is -2.57. The second-order valence-electron chi connectivity index (χ2n) is 9.09. The molecule has 0 saturated carbocycles.